The Kier molecular flexibility index (Phi) is 2.94. The molecule has 2 nitrogen and oxygen atoms in total. The first-order valence-corrected chi connectivity index (χ1v) is 5.30. The van der Waals surface area contributed by atoms with E-state index in [2.05, 4.69) is 17.2 Å². The van der Waals surface area contributed by atoms with Crippen molar-refractivity contribution < 1.29 is 4.79 Å². The SMILES string of the molecule is O=C1Cc2ccc(C#CCCCl)cc2N1. The maximum Gasteiger partial charge on any atom is 0.228 e. The van der Waals surface area contributed by atoms with Gasteiger partial charge in [-0.3, -0.25) is 4.79 Å². The van der Waals surface area contributed by atoms with Gasteiger partial charge in [0.25, 0.3) is 0 Å². The van der Waals surface area contributed by atoms with E-state index in [4.69, 9.17) is 11.6 Å². The Bertz CT molecular complexity index is 456. The first-order chi connectivity index (χ1) is 7.29. The summed E-state index contributed by atoms with van der Waals surface area (Å²) in [4.78, 5) is 11.1. The maximum atomic E-state index is 11.1. The number of carbonyl (C=O) groups is 1. The summed E-state index contributed by atoms with van der Waals surface area (Å²) in [6.07, 6.45) is 1.16. The fraction of sp³-hybridized carbons (Fsp3) is 0.250. The molecule has 0 unspecified atom stereocenters. The molecule has 0 bridgehead atoms. The maximum absolute atomic E-state index is 11.1. The van der Waals surface area contributed by atoms with Crippen LogP contribution in [0, 0.1) is 11.8 Å². The second kappa shape index (κ2) is 4.37. The number of alkyl halides is 1. The lowest BCUT2D eigenvalue weighted by molar-refractivity contribution is -0.115. The highest BCUT2D eigenvalue weighted by Crippen LogP contribution is 2.23. The molecule has 1 aliphatic rings. The van der Waals surface area contributed by atoms with Crippen molar-refractivity contribution in [2.45, 2.75) is 12.8 Å². The van der Waals surface area contributed by atoms with Crippen LogP contribution in [0.3, 0.4) is 0 Å². The smallest absolute Gasteiger partial charge is 0.228 e. The van der Waals surface area contributed by atoms with E-state index in [1.807, 2.05) is 18.2 Å². The van der Waals surface area contributed by atoms with E-state index in [1.54, 1.807) is 0 Å². The minimum atomic E-state index is 0.0517. The van der Waals surface area contributed by atoms with E-state index < -0.39 is 0 Å². The van der Waals surface area contributed by atoms with Gasteiger partial charge >= 0.3 is 0 Å². The highest BCUT2D eigenvalue weighted by Gasteiger charge is 2.16. The summed E-state index contributed by atoms with van der Waals surface area (Å²) in [6.45, 7) is 0. The lowest BCUT2D eigenvalue weighted by atomic mass is 10.1. The Morgan fingerprint density at radius 1 is 1.47 bits per heavy atom. The fourth-order valence-corrected chi connectivity index (χ4v) is 1.60. The van der Waals surface area contributed by atoms with Crippen LogP contribution in [0.1, 0.15) is 17.5 Å². The Hall–Kier alpha value is -1.46. The fourth-order valence-electron chi connectivity index (χ4n) is 1.50. The van der Waals surface area contributed by atoms with Crippen molar-refractivity contribution in [3.8, 4) is 11.8 Å². The Labute approximate surface area is 93.6 Å². The van der Waals surface area contributed by atoms with Crippen LogP contribution < -0.4 is 5.32 Å². The molecule has 1 aliphatic heterocycles. The molecule has 0 aliphatic carbocycles. The monoisotopic (exact) mass is 219 g/mol. The van der Waals surface area contributed by atoms with Crippen LogP contribution >= 0.6 is 11.6 Å². The summed E-state index contributed by atoms with van der Waals surface area (Å²) in [7, 11) is 0. The number of benzene rings is 1. The van der Waals surface area contributed by atoms with E-state index in [0.717, 1.165) is 16.8 Å². The first kappa shape index (κ1) is 10.1. The van der Waals surface area contributed by atoms with Crippen LogP contribution in [-0.2, 0) is 11.2 Å². The molecule has 76 valence electrons. The van der Waals surface area contributed by atoms with Crippen LogP contribution in [0.25, 0.3) is 0 Å². The second-order valence-corrected chi connectivity index (χ2v) is 3.72. The van der Waals surface area contributed by atoms with Crippen molar-refractivity contribution in [1.82, 2.24) is 0 Å². The lowest BCUT2D eigenvalue weighted by Gasteiger charge is -1.97. The van der Waals surface area contributed by atoms with Crippen molar-refractivity contribution in [2.24, 2.45) is 0 Å². The van der Waals surface area contributed by atoms with Crippen molar-refractivity contribution >= 4 is 23.2 Å². The zero-order valence-electron chi connectivity index (χ0n) is 8.14. The third kappa shape index (κ3) is 2.31. The van der Waals surface area contributed by atoms with Gasteiger partial charge in [-0.25, -0.2) is 0 Å². The van der Waals surface area contributed by atoms with Crippen molar-refractivity contribution in [2.75, 3.05) is 11.2 Å². The van der Waals surface area contributed by atoms with Gasteiger partial charge in [0.1, 0.15) is 0 Å². The van der Waals surface area contributed by atoms with Crippen LogP contribution in [0.2, 0.25) is 0 Å². The normalized spacial score (nSPS) is 12.7. The summed E-state index contributed by atoms with van der Waals surface area (Å²) >= 11 is 5.52. The third-order valence-electron chi connectivity index (χ3n) is 2.19. The molecule has 0 fully saturated rings. The minimum Gasteiger partial charge on any atom is -0.325 e. The molecule has 0 saturated heterocycles. The van der Waals surface area contributed by atoms with Crippen LogP contribution in [0.5, 0.6) is 0 Å². The summed E-state index contributed by atoms with van der Waals surface area (Å²) in [5, 5.41) is 2.80. The number of anilines is 1. The number of amides is 1. The minimum absolute atomic E-state index is 0.0517. The van der Waals surface area contributed by atoms with Gasteiger partial charge < -0.3 is 5.32 Å². The van der Waals surface area contributed by atoms with E-state index >= 15 is 0 Å². The molecular weight excluding hydrogens is 210 g/mol. The topological polar surface area (TPSA) is 29.1 Å². The molecule has 0 saturated carbocycles. The Morgan fingerprint density at radius 3 is 3.13 bits per heavy atom. The first-order valence-electron chi connectivity index (χ1n) is 4.77. The predicted molar refractivity (Wildman–Crippen MR) is 61.0 cm³/mol. The summed E-state index contributed by atoms with van der Waals surface area (Å²) in [5.74, 6) is 6.57. The van der Waals surface area contributed by atoms with Gasteiger partial charge in [-0.15, -0.1) is 11.6 Å². The van der Waals surface area contributed by atoms with Crippen molar-refractivity contribution in [3.63, 3.8) is 0 Å². The van der Waals surface area contributed by atoms with Crippen LogP contribution in [0.4, 0.5) is 5.69 Å². The average molecular weight is 220 g/mol. The van der Waals surface area contributed by atoms with E-state index in [-0.39, 0.29) is 5.91 Å². The number of rotatable bonds is 1. The van der Waals surface area contributed by atoms with E-state index in [1.165, 1.54) is 0 Å². The third-order valence-corrected chi connectivity index (χ3v) is 2.38. The number of hydrogen-bond acceptors (Lipinski definition) is 1. The van der Waals surface area contributed by atoms with Gasteiger partial charge in [-0.05, 0) is 17.7 Å². The van der Waals surface area contributed by atoms with E-state index in [0.29, 0.717) is 18.7 Å². The molecule has 0 spiro atoms. The Balaban J connectivity index is 2.21. The quantitative estimate of drug-likeness (QED) is 0.569. The summed E-state index contributed by atoms with van der Waals surface area (Å²) in [5.41, 5.74) is 2.85. The largest absolute Gasteiger partial charge is 0.325 e. The van der Waals surface area contributed by atoms with Gasteiger partial charge in [-0.1, -0.05) is 17.9 Å². The van der Waals surface area contributed by atoms with Gasteiger partial charge in [0.2, 0.25) is 5.91 Å². The molecule has 2 rings (SSSR count). The molecule has 1 aromatic carbocycles. The summed E-state index contributed by atoms with van der Waals surface area (Å²) < 4.78 is 0. The van der Waals surface area contributed by atoms with Gasteiger partial charge in [0.15, 0.2) is 0 Å². The lowest BCUT2D eigenvalue weighted by Crippen LogP contribution is -2.03. The van der Waals surface area contributed by atoms with Gasteiger partial charge in [0.05, 0.1) is 6.42 Å². The van der Waals surface area contributed by atoms with Gasteiger partial charge in [-0.2, -0.15) is 0 Å². The van der Waals surface area contributed by atoms with Crippen molar-refractivity contribution in [1.29, 1.82) is 0 Å². The molecule has 1 heterocycles. The molecule has 1 aromatic rings. The zero-order chi connectivity index (χ0) is 10.7. The van der Waals surface area contributed by atoms with E-state index in [9.17, 15) is 4.79 Å². The average Bonchev–Trinajstić information content (AvgIpc) is 2.57. The molecular formula is C12H10ClNO. The number of carbonyl (C=O) groups excluding carboxylic acids is 1. The zero-order valence-corrected chi connectivity index (χ0v) is 8.90. The van der Waals surface area contributed by atoms with Crippen molar-refractivity contribution in [3.05, 3.63) is 29.3 Å². The molecule has 0 aromatic heterocycles. The molecule has 0 radical (unpaired) electrons. The van der Waals surface area contributed by atoms with Gasteiger partial charge in [0, 0.05) is 23.6 Å². The Morgan fingerprint density at radius 2 is 2.33 bits per heavy atom. The highest BCUT2D eigenvalue weighted by atomic mass is 35.5. The number of nitrogens with one attached hydrogen (secondary N) is 1. The summed E-state index contributed by atoms with van der Waals surface area (Å²) in [6, 6.07) is 5.78. The molecule has 1 amide bonds. The van der Waals surface area contributed by atoms with Crippen LogP contribution in [-0.4, -0.2) is 11.8 Å². The van der Waals surface area contributed by atoms with Crippen LogP contribution in [0.15, 0.2) is 18.2 Å². The molecule has 3 heteroatoms. The molecule has 0 atom stereocenters. The second-order valence-electron chi connectivity index (χ2n) is 3.34. The standard InChI is InChI=1S/C12H10ClNO/c13-6-2-1-3-9-4-5-10-8-12(15)14-11(10)7-9/h4-5,7H,2,6,8H2,(H,14,15). The number of fused-ring (bicyclic) bond motifs is 1. The molecule has 15 heavy (non-hydrogen) atoms. The number of hydrogen-bond donors (Lipinski definition) is 1. The highest BCUT2D eigenvalue weighted by molar-refractivity contribution is 6.18. The number of halogens is 1. The molecule has 1 N–H and O–H groups in total. The predicted octanol–water partition coefficient (Wildman–Crippen LogP) is 2.16.